The van der Waals surface area contributed by atoms with E-state index in [1.54, 1.807) is 25.3 Å². The van der Waals surface area contributed by atoms with E-state index in [1.165, 1.54) is 0 Å². The lowest BCUT2D eigenvalue weighted by atomic mass is 9.89. The van der Waals surface area contributed by atoms with Crippen molar-refractivity contribution < 1.29 is 14.1 Å². The van der Waals surface area contributed by atoms with Crippen molar-refractivity contribution in [2.45, 2.75) is 13.0 Å². The van der Waals surface area contributed by atoms with Gasteiger partial charge in [-0.15, -0.1) is 0 Å². The summed E-state index contributed by atoms with van der Waals surface area (Å²) in [5.74, 6) is 0.935. The number of fused-ring (bicyclic) bond motifs is 1. The van der Waals surface area contributed by atoms with Crippen LogP contribution in [0.3, 0.4) is 0 Å². The first-order valence-corrected chi connectivity index (χ1v) is 9.83. The topological polar surface area (TPSA) is 82.4 Å². The number of aromatic nitrogens is 2. The minimum atomic E-state index is -0.118. The highest BCUT2D eigenvalue weighted by molar-refractivity contribution is 5.94. The van der Waals surface area contributed by atoms with Gasteiger partial charge in [-0.1, -0.05) is 35.5 Å². The Bertz CT molecular complexity index is 1030. The zero-order chi connectivity index (χ0) is 20.0. The molecule has 0 spiro atoms. The van der Waals surface area contributed by atoms with Crippen LogP contribution in [0.1, 0.15) is 38.3 Å². The van der Waals surface area contributed by atoms with Crippen molar-refractivity contribution in [1.82, 2.24) is 19.9 Å². The van der Waals surface area contributed by atoms with E-state index >= 15 is 0 Å². The standard InChI is InChI=1S/C22H22N4O3/c1-14-10-19(24-29-14)22(28)26-12-16-11-25(21(27)18-8-5-9-23-18)13-17(16)20(26)15-6-3-2-4-7-15/h2-10,16-17,20,23H,11-13H2,1H3/t16-,17-,20+/m0/s1. The molecule has 0 unspecified atom stereocenters. The molecule has 2 fully saturated rings. The van der Waals surface area contributed by atoms with Gasteiger partial charge in [-0.2, -0.15) is 0 Å². The van der Waals surface area contributed by atoms with E-state index in [9.17, 15) is 9.59 Å². The van der Waals surface area contributed by atoms with Gasteiger partial charge in [0, 0.05) is 43.7 Å². The first-order valence-electron chi connectivity index (χ1n) is 9.83. The van der Waals surface area contributed by atoms with E-state index in [0.717, 1.165) is 5.56 Å². The van der Waals surface area contributed by atoms with Crippen LogP contribution in [0.4, 0.5) is 0 Å². The number of nitrogens with zero attached hydrogens (tertiary/aromatic N) is 3. The van der Waals surface area contributed by atoms with Gasteiger partial charge in [-0.25, -0.2) is 0 Å². The molecule has 0 radical (unpaired) electrons. The van der Waals surface area contributed by atoms with Crippen LogP contribution in [-0.2, 0) is 0 Å². The Hall–Kier alpha value is -3.35. The third-order valence-corrected chi connectivity index (χ3v) is 6.03. The molecule has 4 heterocycles. The smallest absolute Gasteiger partial charge is 0.276 e. The summed E-state index contributed by atoms with van der Waals surface area (Å²) in [5, 5.41) is 3.92. The van der Waals surface area contributed by atoms with Gasteiger partial charge in [0.05, 0.1) is 6.04 Å². The molecular weight excluding hydrogens is 368 g/mol. The number of hydrogen-bond donors (Lipinski definition) is 1. The summed E-state index contributed by atoms with van der Waals surface area (Å²) < 4.78 is 5.12. The Kier molecular flexibility index (Phi) is 4.23. The Balaban J connectivity index is 1.44. The van der Waals surface area contributed by atoms with E-state index in [-0.39, 0.29) is 29.7 Å². The second-order valence-electron chi connectivity index (χ2n) is 7.85. The largest absolute Gasteiger partial charge is 0.361 e. The highest BCUT2D eigenvalue weighted by atomic mass is 16.5. The fourth-order valence-electron chi connectivity index (χ4n) is 4.75. The molecule has 1 aromatic carbocycles. The number of rotatable bonds is 3. The van der Waals surface area contributed by atoms with Crippen molar-refractivity contribution in [2.75, 3.05) is 19.6 Å². The third-order valence-electron chi connectivity index (χ3n) is 6.03. The Morgan fingerprint density at radius 1 is 1.07 bits per heavy atom. The zero-order valence-corrected chi connectivity index (χ0v) is 16.1. The van der Waals surface area contributed by atoms with Crippen molar-refractivity contribution in [1.29, 1.82) is 0 Å². The molecule has 7 nitrogen and oxygen atoms in total. The average molecular weight is 390 g/mol. The maximum Gasteiger partial charge on any atom is 0.276 e. The molecule has 3 aromatic rings. The quantitative estimate of drug-likeness (QED) is 0.745. The van der Waals surface area contributed by atoms with E-state index in [2.05, 4.69) is 22.3 Å². The number of benzene rings is 1. The van der Waals surface area contributed by atoms with Crippen LogP contribution < -0.4 is 0 Å². The van der Waals surface area contributed by atoms with Crippen molar-refractivity contribution in [3.8, 4) is 0 Å². The summed E-state index contributed by atoms with van der Waals surface area (Å²) >= 11 is 0. The Morgan fingerprint density at radius 2 is 1.90 bits per heavy atom. The number of amides is 2. The van der Waals surface area contributed by atoms with Crippen LogP contribution in [0.25, 0.3) is 0 Å². The van der Waals surface area contributed by atoms with Gasteiger partial charge in [0.1, 0.15) is 11.5 Å². The number of carbonyl (C=O) groups excluding carboxylic acids is 2. The van der Waals surface area contributed by atoms with Crippen LogP contribution in [0.5, 0.6) is 0 Å². The second-order valence-corrected chi connectivity index (χ2v) is 7.85. The van der Waals surface area contributed by atoms with E-state index in [4.69, 9.17) is 4.52 Å². The molecule has 2 aliphatic rings. The van der Waals surface area contributed by atoms with Crippen LogP contribution in [0.2, 0.25) is 0 Å². The average Bonchev–Trinajstić information content (AvgIpc) is 3.51. The van der Waals surface area contributed by atoms with Crippen molar-refractivity contribution in [2.24, 2.45) is 11.8 Å². The Labute approximate surface area is 168 Å². The number of H-pyrrole nitrogens is 1. The van der Waals surface area contributed by atoms with Gasteiger partial charge < -0.3 is 19.3 Å². The van der Waals surface area contributed by atoms with Gasteiger partial charge in [0.2, 0.25) is 0 Å². The predicted molar refractivity (Wildman–Crippen MR) is 105 cm³/mol. The SMILES string of the molecule is Cc1cc(C(=O)N2C[C@@H]3CN(C(=O)c4ccc[nH]4)C[C@@H]3[C@H]2c2ccccc2)no1. The fraction of sp³-hybridized carbons (Fsp3) is 0.318. The highest BCUT2D eigenvalue weighted by Gasteiger charge is 2.50. The number of likely N-dealkylation sites (tertiary alicyclic amines) is 2. The zero-order valence-electron chi connectivity index (χ0n) is 16.1. The summed E-state index contributed by atoms with van der Waals surface area (Å²) in [7, 11) is 0. The van der Waals surface area contributed by atoms with E-state index in [0.29, 0.717) is 36.8 Å². The molecule has 2 saturated heterocycles. The summed E-state index contributed by atoms with van der Waals surface area (Å²) in [6, 6.07) is 15.3. The molecule has 2 aliphatic heterocycles. The molecule has 5 rings (SSSR count). The number of aryl methyl sites for hydroxylation is 1. The third kappa shape index (κ3) is 3.03. The summed E-state index contributed by atoms with van der Waals surface area (Å²) in [6.07, 6.45) is 1.76. The van der Waals surface area contributed by atoms with Crippen LogP contribution in [-0.4, -0.2) is 51.4 Å². The molecule has 0 bridgehead atoms. The normalized spacial score (nSPS) is 23.4. The first kappa shape index (κ1) is 17.7. The first-order chi connectivity index (χ1) is 14.1. The number of hydrogen-bond acceptors (Lipinski definition) is 4. The number of carbonyl (C=O) groups is 2. The van der Waals surface area contributed by atoms with Crippen molar-refractivity contribution >= 4 is 11.8 Å². The summed E-state index contributed by atoms with van der Waals surface area (Å²) in [5.41, 5.74) is 2.03. The van der Waals surface area contributed by atoms with Crippen LogP contribution in [0, 0.1) is 18.8 Å². The predicted octanol–water partition coefficient (Wildman–Crippen LogP) is 2.90. The molecule has 2 aromatic heterocycles. The van der Waals surface area contributed by atoms with E-state index in [1.807, 2.05) is 34.1 Å². The second kappa shape index (κ2) is 6.92. The molecule has 3 atom stereocenters. The van der Waals surface area contributed by atoms with Gasteiger partial charge in [-0.05, 0) is 24.6 Å². The van der Waals surface area contributed by atoms with Crippen LogP contribution >= 0.6 is 0 Å². The minimum Gasteiger partial charge on any atom is -0.361 e. The van der Waals surface area contributed by atoms with E-state index < -0.39 is 0 Å². The van der Waals surface area contributed by atoms with Gasteiger partial charge in [0.25, 0.3) is 11.8 Å². The summed E-state index contributed by atoms with van der Waals surface area (Å²) in [4.78, 5) is 32.8. The van der Waals surface area contributed by atoms with Crippen molar-refractivity contribution in [3.63, 3.8) is 0 Å². The molecule has 7 heteroatoms. The number of nitrogens with one attached hydrogen (secondary N) is 1. The lowest BCUT2D eigenvalue weighted by Gasteiger charge is -2.29. The fourth-order valence-corrected chi connectivity index (χ4v) is 4.75. The maximum atomic E-state index is 13.2. The van der Waals surface area contributed by atoms with Gasteiger partial charge >= 0.3 is 0 Å². The van der Waals surface area contributed by atoms with Gasteiger partial charge in [0.15, 0.2) is 5.69 Å². The lowest BCUT2D eigenvalue weighted by Crippen LogP contribution is -2.37. The lowest BCUT2D eigenvalue weighted by molar-refractivity contribution is 0.0667. The molecule has 1 N–H and O–H groups in total. The summed E-state index contributed by atoms with van der Waals surface area (Å²) in [6.45, 7) is 3.65. The molecule has 0 aliphatic carbocycles. The van der Waals surface area contributed by atoms with Gasteiger partial charge in [-0.3, -0.25) is 9.59 Å². The molecular formula is C22H22N4O3. The highest BCUT2D eigenvalue weighted by Crippen LogP contribution is 2.45. The molecule has 148 valence electrons. The molecule has 29 heavy (non-hydrogen) atoms. The molecule has 0 saturated carbocycles. The Morgan fingerprint density at radius 3 is 2.59 bits per heavy atom. The maximum absolute atomic E-state index is 13.2. The number of aromatic amines is 1. The van der Waals surface area contributed by atoms with Crippen LogP contribution in [0.15, 0.2) is 59.3 Å². The monoisotopic (exact) mass is 390 g/mol. The minimum absolute atomic E-state index is 0.0150. The van der Waals surface area contributed by atoms with Crippen molar-refractivity contribution in [3.05, 3.63) is 77.4 Å². The molecule has 2 amide bonds.